The highest BCUT2D eigenvalue weighted by Crippen LogP contribution is 2.46. The standard InChI is InChI=1S/C20H20N2O/c21-22-20-19-16(11-6-10-14-7-4-5-12-17(14)19)13-18(23-20)15-8-2-1-3-9-15/h1-5,7-9,12,16,18,21H,6,10-11,13H2. The molecule has 2 aliphatic rings. The van der Waals surface area contributed by atoms with Crippen LogP contribution in [0.25, 0.3) is 5.57 Å². The van der Waals surface area contributed by atoms with Gasteiger partial charge in [-0.15, -0.1) is 5.11 Å². The third kappa shape index (κ3) is 2.56. The van der Waals surface area contributed by atoms with E-state index in [9.17, 15) is 0 Å². The average Bonchev–Trinajstić information content (AvgIpc) is 2.81. The molecule has 1 heterocycles. The summed E-state index contributed by atoms with van der Waals surface area (Å²) in [5.74, 6) is 0.922. The fourth-order valence-electron chi connectivity index (χ4n) is 3.89. The van der Waals surface area contributed by atoms with Gasteiger partial charge in [0, 0.05) is 5.57 Å². The van der Waals surface area contributed by atoms with Gasteiger partial charge in [-0.1, -0.05) is 54.6 Å². The highest BCUT2D eigenvalue weighted by atomic mass is 16.5. The van der Waals surface area contributed by atoms with Crippen molar-refractivity contribution in [2.45, 2.75) is 31.8 Å². The second kappa shape index (κ2) is 5.99. The van der Waals surface area contributed by atoms with Crippen molar-refractivity contribution in [3.63, 3.8) is 0 Å². The molecule has 1 aliphatic heterocycles. The lowest BCUT2D eigenvalue weighted by molar-refractivity contribution is 0.0786. The summed E-state index contributed by atoms with van der Waals surface area (Å²) < 4.78 is 6.13. The van der Waals surface area contributed by atoms with Crippen LogP contribution in [0.2, 0.25) is 0 Å². The second-order valence-electron chi connectivity index (χ2n) is 6.33. The van der Waals surface area contributed by atoms with Crippen LogP contribution in [0.4, 0.5) is 0 Å². The lowest BCUT2D eigenvalue weighted by Gasteiger charge is -2.32. The van der Waals surface area contributed by atoms with Gasteiger partial charge >= 0.3 is 0 Å². The van der Waals surface area contributed by atoms with Gasteiger partial charge in [0.05, 0.1) is 0 Å². The van der Waals surface area contributed by atoms with Gasteiger partial charge in [-0.3, -0.25) is 0 Å². The smallest absolute Gasteiger partial charge is 0.237 e. The van der Waals surface area contributed by atoms with Gasteiger partial charge in [0.1, 0.15) is 6.10 Å². The lowest BCUT2D eigenvalue weighted by atomic mass is 9.83. The molecule has 23 heavy (non-hydrogen) atoms. The maximum Gasteiger partial charge on any atom is 0.237 e. The molecule has 3 nitrogen and oxygen atoms in total. The molecule has 0 spiro atoms. The number of nitrogens with zero attached hydrogens (tertiary/aromatic N) is 1. The maximum atomic E-state index is 7.63. The van der Waals surface area contributed by atoms with E-state index in [2.05, 4.69) is 41.5 Å². The van der Waals surface area contributed by atoms with Crippen LogP contribution < -0.4 is 0 Å². The van der Waals surface area contributed by atoms with Gasteiger partial charge < -0.3 is 4.74 Å². The number of benzene rings is 2. The molecule has 0 saturated carbocycles. The van der Waals surface area contributed by atoms with Crippen molar-refractivity contribution in [3.8, 4) is 0 Å². The molecule has 2 aromatic carbocycles. The summed E-state index contributed by atoms with van der Waals surface area (Å²) in [4.78, 5) is 0. The van der Waals surface area contributed by atoms with Gasteiger partial charge in [-0.25, -0.2) is 5.53 Å². The number of hydrogen-bond donors (Lipinski definition) is 1. The molecule has 2 unspecified atom stereocenters. The second-order valence-corrected chi connectivity index (χ2v) is 6.33. The van der Waals surface area contributed by atoms with Crippen molar-refractivity contribution < 1.29 is 4.74 Å². The minimum Gasteiger partial charge on any atom is -0.468 e. The minimum atomic E-state index is -0.000637. The number of allylic oxidation sites excluding steroid dienone is 1. The molecule has 3 heteroatoms. The van der Waals surface area contributed by atoms with E-state index in [0.717, 1.165) is 24.8 Å². The van der Waals surface area contributed by atoms with Crippen LogP contribution in [-0.2, 0) is 11.2 Å². The molecule has 0 radical (unpaired) electrons. The van der Waals surface area contributed by atoms with E-state index >= 15 is 0 Å². The normalized spacial score (nSPS) is 23.3. The van der Waals surface area contributed by atoms with Gasteiger partial charge in [-0.05, 0) is 48.3 Å². The van der Waals surface area contributed by atoms with Gasteiger partial charge in [0.2, 0.25) is 5.88 Å². The van der Waals surface area contributed by atoms with Gasteiger partial charge in [-0.2, -0.15) is 0 Å². The molecular formula is C20H20N2O. The van der Waals surface area contributed by atoms with Crippen molar-refractivity contribution in [1.82, 2.24) is 0 Å². The topological polar surface area (TPSA) is 45.4 Å². The fourth-order valence-corrected chi connectivity index (χ4v) is 3.89. The summed E-state index contributed by atoms with van der Waals surface area (Å²) >= 11 is 0. The predicted octanol–water partition coefficient (Wildman–Crippen LogP) is 5.50. The number of nitrogens with one attached hydrogen (secondary N) is 1. The summed E-state index contributed by atoms with van der Waals surface area (Å²) in [6.45, 7) is 0. The summed E-state index contributed by atoms with van der Waals surface area (Å²) in [5.41, 5.74) is 12.5. The molecule has 0 saturated heterocycles. The van der Waals surface area contributed by atoms with E-state index < -0.39 is 0 Å². The zero-order valence-corrected chi connectivity index (χ0v) is 13.0. The van der Waals surface area contributed by atoms with E-state index in [1.54, 1.807) is 0 Å². The Bertz CT molecular complexity index is 751. The third-order valence-corrected chi connectivity index (χ3v) is 4.97. The Morgan fingerprint density at radius 2 is 1.78 bits per heavy atom. The molecule has 4 rings (SSSR count). The zero-order chi connectivity index (χ0) is 15.6. The van der Waals surface area contributed by atoms with Crippen molar-refractivity contribution in [2.24, 2.45) is 11.0 Å². The first-order chi connectivity index (χ1) is 11.4. The van der Waals surface area contributed by atoms with E-state index in [4.69, 9.17) is 10.3 Å². The lowest BCUT2D eigenvalue weighted by Crippen LogP contribution is -2.19. The predicted molar refractivity (Wildman–Crippen MR) is 89.8 cm³/mol. The van der Waals surface area contributed by atoms with E-state index in [0.29, 0.717) is 11.8 Å². The van der Waals surface area contributed by atoms with Crippen LogP contribution in [0, 0.1) is 11.4 Å². The van der Waals surface area contributed by atoms with Crippen LogP contribution in [-0.4, -0.2) is 0 Å². The van der Waals surface area contributed by atoms with E-state index in [1.807, 2.05) is 18.2 Å². The molecule has 1 aliphatic carbocycles. The number of rotatable bonds is 2. The summed E-state index contributed by atoms with van der Waals surface area (Å²) in [6, 6.07) is 18.8. The molecule has 0 fully saturated rings. The molecule has 0 bridgehead atoms. The number of ether oxygens (including phenoxy) is 1. The Kier molecular flexibility index (Phi) is 3.70. The highest BCUT2D eigenvalue weighted by molar-refractivity contribution is 5.73. The van der Waals surface area contributed by atoms with Crippen molar-refractivity contribution in [1.29, 1.82) is 5.53 Å². The molecule has 0 aromatic heterocycles. The van der Waals surface area contributed by atoms with Crippen molar-refractivity contribution in [2.75, 3.05) is 0 Å². The van der Waals surface area contributed by atoms with Gasteiger partial charge in [0.25, 0.3) is 0 Å². The first-order valence-corrected chi connectivity index (χ1v) is 8.28. The number of fused-ring (bicyclic) bond motifs is 3. The van der Waals surface area contributed by atoms with Gasteiger partial charge in [0.15, 0.2) is 0 Å². The van der Waals surface area contributed by atoms with E-state index in [1.165, 1.54) is 23.1 Å². The Balaban J connectivity index is 1.79. The van der Waals surface area contributed by atoms with Crippen LogP contribution in [0.3, 0.4) is 0 Å². The fraction of sp³-hybridized carbons (Fsp3) is 0.300. The zero-order valence-electron chi connectivity index (χ0n) is 13.0. The number of hydrogen-bond acceptors (Lipinski definition) is 3. The van der Waals surface area contributed by atoms with Crippen LogP contribution >= 0.6 is 0 Å². The summed E-state index contributed by atoms with van der Waals surface area (Å²) in [7, 11) is 0. The molecular weight excluding hydrogens is 284 g/mol. The minimum absolute atomic E-state index is 0.000637. The van der Waals surface area contributed by atoms with Crippen LogP contribution in [0.15, 0.2) is 65.6 Å². The SMILES string of the molecule is N=NC1=C2c3ccccc3CCCC2CC(c2ccccc2)O1. The Morgan fingerprint density at radius 1 is 1.00 bits per heavy atom. The quantitative estimate of drug-likeness (QED) is 0.731. The Hall–Kier alpha value is -2.42. The monoisotopic (exact) mass is 304 g/mol. The van der Waals surface area contributed by atoms with Crippen LogP contribution in [0.5, 0.6) is 0 Å². The molecule has 116 valence electrons. The Morgan fingerprint density at radius 3 is 2.61 bits per heavy atom. The Labute approximate surface area is 136 Å². The summed E-state index contributed by atoms with van der Waals surface area (Å²) in [6.07, 6.45) is 4.37. The molecule has 2 aromatic rings. The van der Waals surface area contributed by atoms with Crippen molar-refractivity contribution in [3.05, 3.63) is 77.2 Å². The molecule has 1 N–H and O–H groups in total. The third-order valence-electron chi connectivity index (χ3n) is 4.97. The number of aryl methyl sites for hydroxylation is 1. The first-order valence-electron chi connectivity index (χ1n) is 8.28. The maximum absolute atomic E-state index is 7.63. The summed E-state index contributed by atoms with van der Waals surface area (Å²) in [5, 5.41) is 3.76. The largest absolute Gasteiger partial charge is 0.468 e. The molecule has 0 amide bonds. The first kappa shape index (κ1) is 14.2. The van der Waals surface area contributed by atoms with Crippen LogP contribution in [0.1, 0.15) is 42.1 Å². The average molecular weight is 304 g/mol. The van der Waals surface area contributed by atoms with Crippen molar-refractivity contribution >= 4 is 5.57 Å². The van der Waals surface area contributed by atoms with E-state index in [-0.39, 0.29) is 6.10 Å². The highest BCUT2D eigenvalue weighted by Gasteiger charge is 2.34. The molecule has 2 atom stereocenters.